The second-order valence-electron chi connectivity index (χ2n) is 5.99. The van der Waals surface area contributed by atoms with Gasteiger partial charge in [-0.3, -0.25) is 5.43 Å². The van der Waals surface area contributed by atoms with Crippen molar-refractivity contribution in [3.63, 3.8) is 0 Å². The highest BCUT2D eigenvalue weighted by atomic mass is 35.5. The third kappa shape index (κ3) is 5.11. The Bertz CT molecular complexity index is 1110. The number of rotatable bonds is 5. The quantitative estimate of drug-likeness (QED) is 0.245. The molecule has 0 saturated heterocycles. The zero-order valence-corrected chi connectivity index (χ0v) is 17.5. The van der Waals surface area contributed by atoms with Gasteiger partial charge in [0.25, 0.3) is 0 Å². The Morgan fingerprint density at radius 2 is 1.97 bits per heavy atom. The van der Waals surface area contributed by atoms with Crippen LogP contribution in [0.1, 0.15) is 22.8 Å². The van der Waals surface area contributed by atoms with Crippen molar-refractivity contribution in [3.8, 4) is 16.2 Å². The van der Waals surface area contributed by atoms with Crippen LogP contribution in [0, 0.1) is 0 Å². The molecule has 29 heavy (non-hydrogen) atoms. The highest BCUT2D eigenvalue weighted by molar-refractivity contribution is 7.80. The van der Waals surface area contributed by atoms with Crippen LogP contribution in [0.25, 0.3) is 10.4 Å². The summed E-state index contributed by atoms with van der Waals surface area (Å²) in [5.41, 5.74) is 5.31. The van der Waals surface area contributed by atoms with Crippen molar-refractivity contribution >= 4 is 57.6 Å². The number of hydrogen-bond donors (Lipinski definition) is 4. The number of nitrogens with zero attached hydrogens (tertiary/aromatic N) is 1. The van der Waals surface area contributed by atoms with Crippen molar-refractivity contribution in [2.24, 2.45) is 5.10 Å². The Labute approximate surface area is 181 Å². The van der Waals surface area contributed by atoms with Crippen LogP contribution in [0.15, 0.2) is 59.0 Å². The Kier molecular flexibility index (Phi) is 6.48. The number of aromatic hydroxyl groups is 1. The van der Waals surface area contributed by atoms with Crippen LogP contribution in [0.5, 0.6) is 5.75 Å². The molecule has 1 aromatic heterocycles. The molecule has 0 bridgehead atoms. The van der Waals surface area contributed by atoms with Crippen LogP contribution in [0.3, 0.4) is 0 Å². The van der Waals surface area contributed by atoms with Crippen LogP contribution in [-0.4, -0.2) is 27.0 Å². The fourth-order valence-corrected chi connectivity index (χ4v) is 3.88. The molecular weight excluding hydrogens is 430 g/mol. The number of hydrogen-bond acceptors (Lipinski definition) is 5. The Morgan fingerprint density at radius 1 is 1.21 bits per heavy atom. The van der Waals surface area contributed by atoms with Gasteiger partial charge in [-0.2, -0.15) is 5.10 Å². The van der Waals surface area contributed by atoms with Crippen molar-refractivity contribution in [3.05, 3.63) is 70.1 Å². The van der Waals surface area contributed by atoms with Gasteiger partial charge in [0.15, 0.2) is 5.11 Å². The average molecular weight is 446 g/mol. The van der Waals surface area contributed by atoms with Gasteiger partial charge in [0, 0.05) is 16.1 Å². The summed E-state index contributed by atoms with van der Waals surface area (Å²) in [6.45, 7) is 1.74. The van der Waals surface area contributed by atoms with Gasteiger partial charge in [0.2, 0.25) is 0 Å². The van der Waals surface area contributed by atoms with E-state index in [2.05, 4.69) is 15.8 Å². The van der Waals surface area contributed by atoms with Gasteiger partial charge in [-0.05, 0) is 55.0 Å². The van der Waals surface area contributed by atoms with Gasteiger partial charge < -0.3 is 15.5 Å². The number of carboxylic acid groups (broad SMARTS) is 1. The number of halogens is 1. The first-order chi connectivity index (χ1) is 13.8. The number of anilines is 1. The highest BCUT2D eigenvalue weighted by Crippen LogP contribution is 2.39. The summed E-state index contributed by atoms with van der Waals surface area (Å²) in [5.74, 6) is -0.904. The van der Waals surface area contributed by atoms with E-state index < -0.39 is 5.97 Å². The molecule has 0 fully saturated rings. The van der Waals surface area contributed by atoms with Crippen LogP contribution >= 0.6 is 35.2 Å². The normalized spacial score (nSPS) is 11.2. The van der Waals surface area contributed by atoms with E-state index >= 15 is 0 Å². The third-order valence-electron chi connectivity index (χ3n) is 3.93. The average Bonchev–Trinajstić information content (AvgIpc) is 3.08. The molecule has 0 amide bonds. The van der Waals surface area contributed by atoms with Gasteiger partial charge in [-0.1, -0.05) is 29.8 Å². The molecule has 3 rings (SSSR count). The number of aromatic carboxylic acids is 1. The Balaban J connectivity index is 1.71. The maximum Gasteiger partial charge on any atom is 0.335 e. The standard InChI is InChI=1S/C20H16ClN3O3S2/c1-11(16-10-29-18(17(16)25)12-4-2-6-14(21)8-12)23-24-20(28)22-15-7-3-5-13(9-15)19(26)27/h2-10,25H,1H3,(H,26,27)(H2,22,24,28). The van der Waals surface area contributed by atoms with E-state index in [4.69, 9.17) is 28.9 Å². The van der Waals surface area contributed by atoms with E-state index in [1.165, 1.54) is 23.5 Å². The fraction of sp³-hybridized carbons (Fsp3) is 0.0500. The maximum atomic E-state index is 11.0. The molecule has 0 aliphatic rings. The molecule has 0 aliphatic heterocycles. The molecular formula is C20H16ClN3O3S2. The lowest BCUT2D eigenvalue weighted by molar-refractivity contribution is 0.0697. The summed E-state index contributed by atoms with van der Waals surface area (Å²) in [7, 11) is 0. The molecule has 0 atom stereocenters. The molecule has 4 N–H and O–H groups in total. The number of thiophene rings is 1. The van der Waals surface area contributed by atoms with E-state index in [0.717, 1.165) is 5.56 Å². The molecule has 2 aromatic carbocycles. The molecule has 0 saturated carbocycles. The van der Waals surface area contributed by atoms with E-state index in [-0.39, 0.29) is 16.4 Å². The molecule has 0 spiro atoms. The minimum Gasteiger partial charge on any atom is -0.506 e. The largest absolute Gasteiger partial charge is 0.506 e. The minimum atomic E-state index is -1.02. The van der Waals surface area contributed by atoms with Gasteiger partial charge in [0.05, 0.1) is 21.7 Å². The Hall–Kier alpha value is -2.94. The summed E-state index contributed by atoms with van der Waals surface area (Å²) in [6.07, 6.45) is 0. The molecule has 1 heterocycles. The molecule has 0 unspecified atom stereocenters. The molecule has 0 aliphatic carbocycles. The molecule has 148 valence electrons. The SMILES string of the molecule is CC(=NNC(=S)Nc1cccc(C(=O)O)c1)c1csc(-c2cccc(Cl)c2)c1O. The van der Waals surface area contributed by atoms with Gasteiger partial charge in [-0.15, -0.1) is 11.3 Å². The first-order valence-corrected chi connectivity index (χ1v) is 10.0. The third-order valence-corrected chi connectivity index (χ3v) is 5.38. The van der Waals surface area contributed by atoms with Crippen LogP contribution in [0.2, 0.25) is 5.02 Å². The fourth-order valence-electron chi connectivity index (χ4n) is 2.53. The lowest BCUT2D eigenvalue weighted by Gasteiger charge is -2.08. The molecule has 9 heteroatoms. The first-order valence-electron chi connectivity index (χ1n) is 8.36. The first kappa shape index (κ1) is 20.8. The smallest absolute Gasteiger partial charge is 0.335 e. The van der Waals surface area contributed by atoms with Crippen molar-refractivity contribution < 1.29 is 15.0 Å². The number of carbonyl (C=O) groups is 1. The lowest BCUT2D eigenvalue weighted by atomic mass is 10.1. The number of benzene rings is 2. The summed E-state index contributed by atoms with van der Waals surface area (Å²) in [6, 6.07) is 13.5. The van der Waals surface area contributed by atoms with Crippen molar-refractivity contribution in [2.75, 3.05) is 5.32 Å². The van der Waals surface area contributed by atoms with Gasteiger partial charge >= 0.3 is 5.97 Å². The minimum absolute atomic E-state index is 0.119. The zero-order valence-electron chi connectivity index (χ0n) is 15.1. The predicted molar refractivity (Wildman–Crippen MR) is 121 cm³/mol. The Morgan fingerprint density at radius 3 is 2.69 bits per heavy atom. The van der Waals surface area contributed by atoms with Gasteiger partial charge in [0.1, 0.15) is 5.75 Å². The molecule has 0 radical (unpaired) electrons. The summed E-state index contributed by atoms with van der Waals surface area (Å²) in [5, 5.41) is 29.3. The second-order valence-corrected chi connectivity index (χ2v) is 7.71. The lowest BCUT2D eigenvalue weighted by Crippen LogP contribution is -2.25. The van der Waals surface area contributed by atoms with E-state index in [9.17, 15) is 9.90 Å². The van der Waals surface area contributed by atoms with Crippen LogP contribution < -0.4 is 10.7 Å². The number of nitrogens with one attached hydrogen (secondary N) is 2. The topological polar surface area (TPSA) is 94.0 Å². The molecule has 3 aromatic rings. The van der Waals surface area contributed by atoms with Gasteiger partial charge in [-0.25, -0.2) is 4.79 Å². The number of hydrazone groups is 1. The van der Waals surface area contributed by atoms with Crippen molar-refractivity contribution in [1.29, 1.82) is 0 Å². The predicted octanol–water partition coefficient (Wildman–Crippen LogP) is 5.18. The van der Waals surface area contributed by atoms with E-state index in [1.807, 2.05) is 12.1 Å². The maximum absolute atomic E-state index is 11.0. The summed E-state index contributed by atoms with van der Waals surface area (Å²) < 4.78 is 0. The number of carboxylic acids is 1. The van der Waals surface area contributed by atoms with Crippen molar-refractivity contribution in [2.45, 2.75) is 6.92 Å². The van der Waals surface area contributed by atoms with Crippen molar-refractivity contribution in [1.82, 2.24) is 5.43 Å². The zero-order chi connectivity index (χ0) is 21.0. The highest BCUT2D eigenvalue weighted by Gasteiger charge is 2.15. The molecule has 6 nitrogen and oxygen atoms in total. The van der Waals surface area contributed by atoms with Crippen LogP contribution in [0.4, 0.5) is 5.69 Å². The second kappa shape index (κ2) is 9.04. The van der Waals surface area contributed by atoms with E-state index in [1.54, 1.807) is 36.6 Å². The monoisotopic (exact) mass is 445 g/mol. The van der Waals surface area contributed by atoms with E-state index in [0.29, 0.717) is 26.9 Å². The summed E-state index contributed by atoms with van der Waals surface area (Å²) in [4.78, 5) is 11.7. The summed E-state index contributed by atoms with van der Waals surface area (Å²) >= 11 is 12.6. The number of thiocarbonyl (C=S) groups is 1. The van der Waals surface area contributed by atoms with Crippen LogP contribution in [-0.2, 0) is 0 Å².